The molecule has 0 aliphatic carbocycles. The van der Waals surface area contributed by atoms with Crippen molar-refractivity contribution in [1.29, 1.82) is 0 Å². The van der Waals surface area contributed by atoms with Crippen LogP contribution in [0.5, 0.6) is 5.75 Å². The van der Waals surface area contributed by atoms with Crippen LogP contribution in [0.4, 0.5) is 5.82 Å². The number of aromatic nitrogens is 2. The highest BCUT2D eigenvalue weighted by atomic mass is 16.5. The van der Waals surface area contributed by atoms with Crippen molar-refractivity contribution in [3.05, 3.63) is 30.3 Å². The minimum Gasteiger partial charge on any atom is -0.496 e. The predicted octanol–water partition coefficient (Wildman–Crippen LogP) is 2.72. The smallest absolute Gasteiger partial charge is 0.128 e. The third-order valence-corrected chi connectivity index (χ3v) is 2.64. The van der Waals surface area contributed by atoms with Gasteiger partial charge in [0.25, 0.3) is 0 Å². The quantitative estimate of drug-likeness (QED) is 0.883. The Morgan fingerprint density at radius 3 is 2.59 bits per heavy atom. The molecule has 0 radical (unpaired) electrons. The zero-order chi connectivity index (χ0) is 12.4. The number of hydrogen-bond acceptors (Lipinski definition) is 3. The maximum atomic E-state index is 5.93. The lowest BCUT2D eigenvalue weighted by Crippen LogP contribution is -2.06. The van der Waals surface area contributed by atoms with Gasteiger partial charge in [-0.15, -0.1) is 0 Å². The first-order chi connectivity index (χ1) is 8.13. The molecule has 1 aromatic heterocycles. The molecule has 2 N–H and O–H groups in total. The number of methoxy groups -OCH3 is 1. The molecule has 0 bridgehead atoms. The molecule has 0 atom stereocenters. The molecule has 0 fully saturated rings. The van der Waals surface area contributed by atoms with Crippen LogP contribution in [0.15, 0.2) is 30.3 Å². The van der Waals surface area contributed by atoms with Gasteiger partial charge in [0, 0.05) is 17.7 Å². The molecule has 90 valence electrons. The number of nitrogens with zero attached hydrogens (tertiary/aromatic N) is 2. The van der Waals surface area contributed by atoms with E-state index in [1.165, 1.54) is 0 Å². The number of ether oxygens (including phenoxy) is 1. The second-order valence-electron chi connectivity index (χ2n) is 4.19. The van der Waals surface area contributed by atoms with Crippen LogP contribution in [0.3, 0.4) is 0 Å². The fraction of sp³-hybridized carbons (Fsp3) is 0.308. The monoisotopic (exact) mass is 231 g/mol. The van der Waals surface area contributed by atoms with E-state index in [9.17, 15) is 0 Å². The van der Waals surface area contributed by atoms with E-state index >= 15 is 0 Å². The Morgan fingerprint density at radius 1 is 1.29 bits per heavy atom. The fourth-order valence-electron chi connectivity index (χ4n) is 1.81. The van der Waals surface area contributed by atoms with E-state index in [-0.39, 0.29) is 6.04 Å². The molecule has 17 heavy (non-hydrogen) atoms. The SMILES string of the molecule is COc1ccccc1-c1cc(N)n(C(C)C)n1. The van der Waals surface area contributed by atoms with Crippen molar-refractivity contribution in [2.45, 2.75) is 19.9 Å². The number of rotatable bonds is 3. The van der Waals surface area contributed by atoms with Gasteiger partial charge >= 0.3 is 0 Å². The molecule has 4 nitrogen and oxygen atoms in total. The first kappa shape index (κ1) is 11.5. The van der Waals surface area contributed by atoms with E-state index in [2.05, 4.69) is 18.9 Å². The normalized spacial score (nSPS) is 10.8. The van der Waals surface area contributed by atoms with Gasteiger partial charge < -0.3 is 10.5 Å². The van der Waals surface area contributed by atoms with Gasteiger partial charge in [0.05, 0.1) is 12.8 Å². The van der Waals surface area contributed by atoms with Gasteiger partial charge in [0.2, 0.25) is 0 Å². The van der Waals surface area contributed by atoms with Crippen LogP contribution in [-0.4, -0.2) is 16.9 Å². The Labute approximate surface area is 101 Å². The summed E-state index contributed by atoms with van der Waals surface area (Å²) >= 11 is 0. The lowest BCUT2D eigenvalue weighted by atomic mass is 10.1. The van der Waals surface area contributed by atoms with E-state index in [4.69, 9.17) is 10.5 Å². The summed E-state index contributed by atoms with van der Waals surface area (Å²) in [6.45, 7) is 4.10. The van der Waals surface area contributed by atoms with E-state index in [1.807, 2.05) is 35.0 Å². The molecule has 2 rings (SSSR count). The first-order valence-corrected chi connectivity index (χ1v) is 5.62. The zero-order valence-electron chi connectivity index (χ0n) is 10.3. The Hall–Kier alpha value is -1.97. The van der Waals surface area contributed by atoms with Crippen molar-refractivity contribution < 1.29 is 4.74 Å². The topological polar surface area (TPSA) is 53.1 Å². The van der Waals surface area contributed by atoms with Crippen LogP contribution in [-0.2, 0) is 0 Å². The number of nitrogen functional groups attached to an aromatic ring is 1. The molecule has 0 unspecified atom stereocenters. The van der Waals surface area contributed by atoms with Crippen molar-refractivity contribution in [2.75, 3.05) is 12.8 Å². The van der Waals surface area contributed by atoms with E-state index in [1.54, 1.807) is 7.11 Å². The van der Waals surface area contributed by atoms with Crippen LogP contribution in [0, 0.1) is 0 Å². The number of hydrogen-bond donors (Lipinski definition) is 1. The van der Waals surface area contributed by atoms with Gasteiger partial charge in [-0.3, -0.25) is 0 Å². The summed E-state index contributed by atoms with van der Waals surface area (Å²) < 4.78 is 7.13. The van der Waals surface area contributed by atoms with Crippen molar-refractivity contribution in [1.82, 2.24) is 9.78 Å². The van der Waals surface area contributed by atoms with Gasteiger partial charge in [0.1, 0.15) is 11.6 Å². The molecule has 2 aromatic rings. The largest absolute Gasteiger partial charge is 0.496 e. The highest BCUT2D eigenvalue weighted by Gasteiger charge is 2.12. The lowest BCUT2D eigenvalue weighted by molar-refractivity contribution is 0.416. The second kappa shape index (κ2) is 4.49. The van der Waals surface area contributed by atoms with Gasteiger partial charge in [-0.05, 0) is 26.0 Å². The summed E-state index contributed by atoms with van der Waals surface area (Å²) in [6.07, 6.45) is 0. The third-order valence-electron chi connectivity index (χ3n) is 2.64. The van der Waals surface area contributed by atoms with Gasteiger partial charge in [-0.25, -0.2) is 4.68 Å². The summed E-state index contributed by atoms with van der Waals surface area (Å²) in [5, 5.41) is 4.50. The first-order valence-electron chi connectivity index (χ1n) is 5.62. The van der Waals surface area contributed by atoms with E-state index in [0.29, 0.717) is 5.82 Å². The molecule has 4 heteroatoms. The molecule has 0 saturated carbocycles. The number of nitrogens with two attached hydrogens (primary N) is 1. The van der Waals surface area contributed by atoms with Crippen LogP contribution in [0.1, 0.15) is 19.9 Å². The Bertz CT molecular complexity index is 517. The zero-order valence-corrected chi connectivity index (χ0v) is 10.3. The average molecular weight is 231 g/mol. The summed E-state index contributed by atoms with van der Waals surface area (Å²) in [6, 6.07) is 9.91. The Balaban J connectivity index is 2.50. The molecule has 0 spiro atoms. The van der Waals surface area contributed by atoms with Crippen LogP contribution in [0.2, 0.25) is 0 Å². The summed E-state index contributed by atoms with van der Waals surface area (Å²) in [5.41, 5.74) is 7.73. The second-order valence-corrected chi connectivity index (χ2v) is 4.19. The molecular formula is C13H17N3O. The fourth-order valence-corrected chi connectivity index (χ4v) is 1.81. The summed E-state index contributed by atoms with van der Waals surface area (Å²) in [4.78, 5) is 0. The molecule has 0 aliphatic rings. The van der Waals surface area contributed by atoms with Gasteiger partial charge in [-0.1, -0.05) is 12.1 Å². The minimum absolute atomic E-state index is 0.249. The summed E-state index contributed by atoms with van der Waals surface area (Å²) in [5.74, 6) is 1.47. The van der Waals surface area contributed by atoms with Gasteiger partial charge in [0.15, 0.2) is 0 Å². The predicted molar refractivity (Wildman–Crippen MR) is 69.0 cm³/mol. The standard InChI is InChI=1S/C13H17N3O/c1-9(2)16-13(14)8-11(15-16)10-6-4-5-7-12(10)17-3/h4-9H,14H2,1-3H3. The van der Waals surface area contributed by atoms with Gasteiger partial charge in [-0.2, -0.15) is 5.10 Å². The van der Waals surface area contributed by atoms with Crippen molar-refractivity contribution in [3.63, 3.8) is 0 Å². The maximum absolute atomic E-state index is 5.93. The number of para-hydroxylation sites is 1. The number of anilines is 1. The van der Waals surface area contributed by atoms with Crippen LogP contribution >= 0.6 is 0 Å². The van der Waals surface area contributed by atoms with Crippen molar-refractivity contribution >= 4 is 5.82 Å². The highest BCUT2D eigenvalue weighted by molar-refractivity contribution is 5.69. The number of benzene rings is 1. The third kappa shape index (κ3) is 2.11. The lowest BCUT2D eigenvalue weighted by Gasteiger charge is -2.07. The molecule has 0 saturated heterocycles. The molecule has 1 aromatic carbocycles. The summed E-state index contributed by atoms with van der Waals surface area (Å²) in [7, 11) is 1.65. The van der Waals surface area contributed by atoms with Crippen LogP contribution < -0.4 is 10.5 Å². The average Bonchev–Trinajstić information content (AvgIpc) is 2.71. The Kier molecular flexibility index (Phi) is 3.04. The van der Waals surface area contributed by atoms with Crippen LogP contribution in [0.25, 0.3) is 11.3 Å². The molecule has 0 aliphatic heterocycles. The van der Waals surface area contributed by atoms with E-state index < -0.39 is 0 Å². The van der Waals surface area contributed by atoms with Crippen molar-refractivity contribution in [3.8, 4) is 17.0 Å². The molecule has 1 heterocycles. The molecular weight excluding hydrogens is 214 g/mol. The Morgan fingerprint density at radius 2 is 2.00 bits per heavy atom. The molecule has 0 amide bonds. The van der Waals surface area contributed by atoms with Crippen molar-refractivity contribution in [2.24, 2.45) is 0 Å². The minimum atomic E-state index is 0.249. The van der Waals surface area contributed by atoms with E-state index in [0.717, 1.165) is 17.0 Å². The highest BCUT2D eigenvalue weighted by Crippen LogP contribution is 2.30. The maximum Gasteiger partial charge on any atom is 0.128 e.